The number of aromatic nitrogens is 4. The Morgan fingerprint density at radius 1 is 1.24 bits per heavy atom. The largest absolute Gasteiger partial charge is 0.462 e. The Hall–Kier alpha value is -3.18. The Kier molecular flexibility index (Phi) is 8.57. The van der Waals surface area contributed by atoms with Crippen LogP contribution in [0.25, 0.3) is 11.2 Å². The van der Waals surface area contributed by atoms with E-state index in [0.717, 1.165) is 0 Å². The average Bonchev–Trinajstić information content (AvgIpc) is 3.28. The number of ether oxygens (including phenoxy) is 1. The van der Waals surface area contributed by atoms with Crippen LogP contribution in [0.2, 0.25) is 0 Å². The second-order valence-corrected chi connectivity index (χ2v) is 11.0. The van der Waals surface area contributed by atoms with Gasteiger partial charge >= 0.3 is 13.7 Å². The molecule has 5 atom stereocenters. The molecule has 204 valence electrons. The Labute approximate surface area is 219 Å². The van der Waals surface area contributed by atoms with Crippen molar-refractivity contribution in [2.75, 3.05) is 13.2 Å². The molecule has 1 aliphatic carbocycles. The second-order valence-electron chi connectivity index (χ2n) is 9.32. The molecule has 2 unspecified atom stereocenters. The predicted octanol–water partition coefficient (Wildman–Crippen LogP) is 3.90. The van der Waals surface area contributed by atoms with Crippen molar-refractivity contribution in [3.8, 4) is 5.75 Å². The summed E-state index contributed by atoms with van der Waals surface area (Å²) >= 11 is 0. The number of hydrogen-bond acceptors (Lipinski definition) is 9. The first-order valence-corrected chi connectivity index (χ1v) is 13.7. The van der Waals surface area contributed by atoms with E-state index in [-0.39, 0.29) is 25.1 Å². The van der Waals surface area contributed by atoms with Gasteiger partial charge in [0.15, 0.2) is 5.65 Å². The molecule has 0 aliphatic heterocycles. The van der Waals surface area contributed by atoms with Gasteiger partial charge in [0.05, 0.1) is 37.1 Å². The standard InChI is InChI=1S/C25H31FN5O6P/c1-15(2)36-25(33)17(4)30-38(34,37-18-8-6-5-7-9-18)35-12-21-19(10-26)23(20(21)11-32)31-14-29-22-16(3)27-13-28-24(22)31/h5-10,13-15,17,20-21,23,32H,11-12H2,1-4H3,(H,30,34)/b19-10+/t17?,20-,21+,23-,38?/m1/s1. The number of fused-ring (bicyclic) bond motifs is 1. The summed E-state index contributed by atoms with van der Waals surface area (Å²) < 4.78 is 46.2. The Bertz CT molecular complexity index is 1350. The van der Waals surface area contributed by atoms with Crippen molar-refractivity contribution in [3.63, 3.8) is 0 Å². The molecule has 0 bridgehead atoms. The van der Waals surface area contributed by atoms with Gasteiger partial charge in [-0.15, -0.1) is 0 Å². The van der Waals surface area contributed by atoms with Crippen molar-refractivity contribution in [2.45, 2.75) is 45.9 Å². The number of carbonyl (C=O) groups is 1. The molecule has 2 N–H and O–H groups in total. The van der Waals surface area contributed by atoms with E-state index in [9.17, 15) is 18.9 Å². The third-order valence-electron chi connectivity index (χ3n) is 6.32. The molecule has 3 aromatic rings. The monoisotopic (exact) mass is 547 g/mol. The van der Waals surface area contributed by atoms with Crippen LogP contribution in [0.3, 0.4) is 0 Å². The van der Waals surface area contributed by atoms with Crippen LogP contribution in [0.4, 0.5) is 4.39 Å². The maximum atomic E-state index is 14.2. The number of benzene rings is 1. The predicted molar refractivity (Wildman–Crippen MR) is 137 cm³/mol. The van der Waals surface area contributed by atoms with Crippen molar-refractivity contribution in [3.05, 3.63) is 60.6 Å². The number of nitrogens with zero attached hydrogens (tertiary/aromatic N) is 4. The number of hydrogen-bond donors (Lipinski definition) is 2. The third kappa shape index (κ3) is 5.78. The molecular weight excluding hydrogens is 516 g/mol. The average molecular weight is 548 g/mol. The van der Waals surface area contributed by atoms with Crippen LogP contribution in [0.15, 0.2) is 54.9 Å². The van der Waals surface area contributed by atoms with Crippen LogP contribution < -0.4 is 9.61 Å². The van der Waals surface area contributed by atoms with Gasteiger partial charge < -0.3 is 18.9 Å². The van der Waals surface area contributed by atoms with Gasteiger partial charge in [-0.3, -0.25) is 9.32 Å². The lowest BCUT2D eigenvalue weighted by Gasteiger charge is -2.46. The number of para-hydroxylation sites is 1. The number of aliphatic hydroxyl groups is 1. The van der Waals surface area contributed by atoms with Crippen molar-refractivity contribution >= 4 is 24.9 Å². The lowest BCUT2D eigenvalue weighted by atomic mass is 9.66. The van der Waals surface area contributed by atoms with Gasteiger partial charge in [0, 0.05) is 18.4 Å². The first-order chi connectivity index (χ1) is 18.2. The number of imidazole rings is 1. The van der Waals surface area contributed by atoms with Gasteiger partial charge in [-0.05, 0) is 45.4 Å². The smallest absolute Gasteiger partial charge is 0.459 e. The van der Waals surface area contributed by atoms with E-state index < -0.39 is 37.6 Å². The molecule has 13 heteroatoms. The van der Waals surface area contributed by atoms with Crippen LogP contribution >= 0.6 is 7.75 Å². The number of aryl methyl sites for hydroxylation is 1. The molecule has 11 nitrogen and oxygen atoms in total. The molecule has 0 radical (unpaired) electrons. The summed E-state index contributed by atoms with van der Waals surface area (Å²) in [6, 6.07) is 6.74. The maximum absolute atomic E-state index is 14.2. The third-order valence-corrected chi connectivity index (χ3v) is 7.96. The number of esters is 1. The molecule has 1 aromatic carbocycles. The molecule has 2 heterocycles. The van der Waals surface area contributed by atoms with E-state index in [1.165, 1.54) is 19.6 Å². The van der Waals surface area contributed by atoms with Crippen LogP contribution in [0, 0.1) is 18.8 Å². The Balaban J connectivity index is 1.54. The van der Waals surface area contributed by atoms with Gasteiger partial charge in [-0.2, -0.15) is 5.09 Å². The summed E-state index contributed by atoms with van der Waals surface area (Å²) in [6.45, 7) is 6.13. The summed E-state index contributed by atoms with van der Waals surface area (Å²) in [5.74, 6) is -1.49. The van der Waals surface area contributed by atoms with E-state index >= 15 is 0 Å². The van der Waals surface area contributed by atoms with E-state index in [1.54, 1.807) is 55.7 Å². The van der Waals surface area contributed by atoms with Gasteiger partial charge in [-0.1, -0.05) is 18.2 Å². The van der Waals surface area contributed by atoms with Crippen LogP contribution in [-0.4, -0.2) is 56.0 Å². The zero-order valence-electron chi connectivity index (χ0n) is 21.5. The summed E-state index contributed by atoms with van der Waals surface area (Å²) in [6.07, 6.45) is 3.03. The zero-order valence-corrected chi connectivity index (χ0v) is 22.4. The normalized spacial score (nSPS) is 22.7. The first-order valence-electron chi connectivity index (χ1n) is 12.2. The number of rotatable bonds is 11. The molecule has 1 aliphatic rings. The fraction of sp³-hybridized carbons (Fsp3) is 0.440. The summed E-state index contributed by atoms with van der Waals surface area (Å²) in [5, 5.41) is 12.8. The Morgan fingerprint density at radius 3 is 2.63 bits per heavy atom. The molecule has 1 fully saturated rings. The summed E-state index contributed by atoms with van der Waals surface area (Å²) in [7, 11) is -4.15. The SMILES string of the molecule is Cc1ncnc2c1ncn2[C@@H]1/C(=C/F)[C@H](COP(=O)(NC(C)C(=O)OC(C)C)Oc2ccccc2)[C@H]1CO. The molecule has 0 amide bonds. The zero-order chi connectivity index (χ0) is 27.4. The minimum absolute atomic E-state index is 0.249. The van der Waals surface area contributed by atoms with Crippen molar-refractivity contribution in [1.82, 2.24) is 24.6 Å². The summed E-state index contributed by atoms with van der Waals surface area (Å²) in [5.41, 5.74) is 2.08. The summed E-state index contributed by atoms with van der Waals surface area (Å²) in [4.78, 5) is 25.1. The van der Waals surface area contributed by atoms with Crippen LogP contribution in [0.5, 0.6) is 5.75 Å². The molecule has 4 rings (SSSR count). The van der Waals surface area contributed by atoms with E-state index in [2.05, 4.69) is 20.0 Å². The highest BCUT2D eigenvalue weighted by Crippen LogP contribution is 2.53. The number of aliphatic hydroxyl groups excluding tert-OH is 1. The molecule has 1 saturated carbocycles. The quantitative estimate of drug-likeness (QED) is 0.269. The van der Waals surface area contributed by atoms with Crippen molar-refractivity contribution in [2.24, 2.45) is 11.8 Å². The highest BCUT2D eigenvalue weighted by atomic mass is 31.2. The van der Waals surface area contributed by atoms with Crippen molar-refractivity contribution in [1.29, 1.82) is 0 Å². The lowest BCUT2D eigenvalue weighted by molar-refractivity contribution is -0.149. The number of halogens is 1. The fourth-order valence-corrected chi connectivity index (χ4v) is 5.98. The number of carbonyl (C=O) groups excluding carboxylic acids is 1. The fourth-order valence-electron chi connectivity index (χ4n) is 4.46. The lowest BCUT2D eigenvalue weighted by Crippen LogP contribution is -2.46. The molecule has 38 heavy (non-hydrogen) atoms. The highest BCUT2D eigenvalue weighted by molar-refractivity contribution is 7.52. The second kappa shape index (κ2) is 11.7. The van der Waals surface area contributed by atoms with Crippen molar-refractivity contribution < 1.29 is 32.6 Å². The van der Waals surface area contributed by atoms with E-state index in [0.29, 0.717) is 28.8 Å². The van der Waals surface area contributed by atoms with E-state index in [4.69, 9.17) is 13.8 Å². The Morgan fingerprint density at radius 2 is 1.97 bits per heavy atom. The first kappa shape index (κ1) is 27.8. The highest BCUT2D eigenvalue weighted by Gasteiger charge is 2.49. The topological polar surface area (TPSA) is 138 Å². The molecule has 2 aromatic heterocycles. The van der Waals surface area contributed by atoms with Gasteiger partial charge in [0.1, 0.15) is 23.6 Å². The van der Waals surface area contributed by atoms with E-state index in [1.807, 2.05) is 0 Å². The molecule has 0 spiro atoms. The minimum Gasteiger partial charge on any atom is -0.462 e. The molecule has 0 saturated heterocycles. The molecular formula is C25H31FN5O6P. The van der Waals surface area contributed by atoms with Crippen LogP contribution in [-0.2, 0) is 18.6 Å². The number of nitrogens with one attached hydrogen (secondary N) is 1. The van der Waals surface area contributed by atoms with Gasteiger partial charge in [0.25, 0.3) is 0 Å². The van der Waals surface area contributed by atoms with Gasteiger partial charge in [0.2, 0.25) is 0 Å². The van der Waals surface area contributed by atoms with Crippen LogP contribution in [0.1, 0.15) is 32.5 Å². The van der Waals surface area contributed by atoms with Gasteiger partial charge in [-0.25, -0.2) is 23.9 Å². The maximum Gasteiger partial charge on any atom is 0.459 e. The minimum atomic E-state index is -4.15.